The summed E-state index contributed by atoms with van der Waals surface area (Å²) >= 11 is 3.49. The summed E-state index contributed by atoms with van der Waals surface area (Å²) < 4.78 is 0.849. The Balaban J connectivity index is 2.48. The molecule has 1 heterocycles. The van der Waals surface area contributed by atoms with Crippen LogP contribution in [0.1, 0.15) is 48.3 Å². The summed E-state index contributed by atoms with van der Waals surface area (Å²) in [6, 6.07) is 5.61. The van der Waals surface area contributed by atoms with E-state index in [1.165, 1.54) is 0 Å². The SMILES string of the molecule is CC1(C)CCCc2c1nc1c(Br)cccc1c2C(=O)O. The number of carboxylic acids is 1. The number of fused-ring (bicyclic) bond motifs is 2. The van der Waals surface area contributed by atoms with Crippen LogP contribution in [-0.2, 0) is 11.8 Å². The molecule has 0 atom stereocenters. The van der Waals surface area contributed by atoms with E-state index >= 15 is 0 Å². The molecule has 0 fully saturated rings. The van der Waals surface area contributed by atoms with Gasteiger partial charge in [-0.2, -0.15) is 0 Å². The standard InChI is InChI=1S/C16H16BrNO2/c1-16(2)8-4-6-10-12(15(19)20)9-5-3-7-11(17)13(9)18-14(10)16/h3,5,7H,4,6,8H2,1-2H3,(H,19,20). The molecule has 0 spiro atoms. The molecule has 0 bridgehead atoms. The van der Waals surface area contributed by atoms with Crippen LogP contribution in [0.15, 0.2) is 22.7 Å². The molecule has 3 rings (SSSR count). The van der Waals surface area contributed by atoms with Crippen molar-refractivity contribution < 1.29 is 9.90 Å². The van der Waals surface area contributed by atoms with Crippen LogP contribution >= 0.6 is 15.9 Å². The monoisotopic (exact) mass is 333 g/mol. The molecular formula is C16H16BrNO2. The summed E-state index contributed by atoms with van der Waals surface area (Å²) in [7, 11) is 0. The maximum Gasteiger partial charge on any atom is 0.336 e. The predicted molar refractivity (Wildman–Crippen MR) is 82.4 cm³/mol. The number of aromatic carboxylic acids is 1. The highest BCUT2D eigenvalue weighted by Crippen LogP contribution is 2.40. The minimum Gasteiger partial charge on any atom is -0.478 e. The topological polar surface area (TPSA) is 50.2 Å². The molecule has 0 saturated carbocycles. The third-order valence-corrected chi connectivity index (χ3v) is 4.79. The average Bonchev–Trinajstić information content (AvgIpc) is 2.36. The lowest BCUT2D eigenvalue weighted by Gasteiger charge is -2.32. The Morgan fingerprint density at radius 1 is 1.40 bits per heavy atom. The van der Waals surface area contributed by atoms with E-state index in [-0.39, 0.29) is 5.41 Å². The summed E-state index contributed by atoms with van der Waals surface area (Å²) in [5.74, 6) is -0.857. The average molecular weight is 334 g/mol. The number of para-hydroxylation sites is 1. The first-order valence-electron chi connectivity index (χ1n) is 6.77. The first-order valence-corrected chi connectivity index (χ1v) is 7.56. The quantitative estimate of drug-likeness (QED) is 0.845. The van der Waals surface area contributed by atoms with Crippen molar-refractivity contribution in [3.05, 3.63) is 39.5 Å². The molecule has 0 saturated heterocycles. The van der Waals surface area contributed by atoms with Gasteiger partial charge in [-0.15, -0.1) is 0 Å². The minimum atomic E-state index is -0.857. The van der Waals surface area contributed by atoms with Crippen LogP contribution in [0.4, 0.5) is 0 Å². The Hall–Kier alpha value is -1.42. The maximum absolute atomic E-state index is 11.8. The predicted octanol–water partition coefficient (Wildman–Crippen LogP) is 4.31. The van der Waals surface area contributed by atoms with Gasteiger partial charge in [0.25, 0.3) is 0 Å². The number of hydrogen-bond donors (Lipinski definition) is 1. The van der Waals surface area contributed by atoms with Gasteiger partial charge < -0.3 is 5.11 Å². The fraction of sp³-hybridized carbons (Fsp3) is 0.375. The van der Waals surface area contributed by atoms with Crippen LogP contribution in [0.3, 0.4) is 0 Å². The van der Waals surface area contributed by atoms with Crippen molar-refractivity contribution in [2.45, 2.75) is 38.5 Å². The zero-order chi connectivity index (χ0) is 14.5. The van der Waals surface area contributed by atoms with Crippen molar-refractivity contribution in [1.29, 1.82) is 0 Å². The number of carboxylic acid groups (broad SMARTS) is 1. The fourth-order valence-electron chi connectivity index (χ4n) is 3.16. The van der Waals surface area contributed by atoms with Gasteiger partial charge in [-0.1, -0.05) is 26.0 Å². The summed E-state index contributed by atoms with van der Waals surface area (Å²) in [5, 5.41) is 10.4. The van der Waals surface area contributed by atoms with Crippen molar-refractivity contribution in [3.63, 3.8) is 0 Å². The number of nitrogens with zero attached hydrogens (tertiary/aromatic N) is 1. The highest BCUT2D eigenvalue weighted by atomic mass is 79.9. The van der Waals surface area contributed by atoms with Crippen LogP contribution < -0.4 is 0 Å². The van der Waals surface area contributed by atoms with Gasteiger partial charge in [0.2, 0.25) is 0 Å². The Bertz CT molecular complexity index is 722. The number of benzene rings is 1. The summed E-state index contributed by atoms with van der Waals surface area (Å²) in [6.45, 7) is 4.29. The molecule has 20 heavy (non-hydrogen) atoms. The van der Waals surface area contributed by atoms with Gasteiger partial charge >= 0.3 is 5.97 Å². The Morgan fingerprint density at radius 2 is 2.15 bits per heavy atom. The van der Waals surface area contributed by atoms with Gasteiger partial charge in [-0.05, 0) is 46.8 Å². The highest BCUT2D eigenvalue weighted by Gasteiger charge is 2.33. The van der Waals surface area contributed by atoms with E-state index in [2.05, 4.69) is 29.8 Å². The van der Waals surface area contributed by atoms with Crippen molar-refractivity contribution in [2.75, 3.05) is 0 Å². The molecule has 1 aliphatic carbocycles. The van der Waals surface area contributed by atoms with Gasteiger partial charge in [0.05, 0.1) is 16.8 Å². The van der Waals surface area contributed by atoms with E-state index in [0.29, 0.717) is 5.56 Å². The molecule has 0 aliphatic heterocycles. The third kappa shape index (κ3) is 1.94. The van der Waals surface area contributed by atoms with Gasteiger partial charge in [0.15, 0.2) is 0 Å². The molecular weight excluding hydrogens is 318 g/mol. The van der Waals surface area contributed by atoms with Crippen LogP contribution in [-0.4, -0.2) is 16.1 Å². The van der Waals surface area contributed by atoms with Crippen LogP contribution in [0, 0.1) is 0 Å². The zero-order valence-corrected chi connectivity index (χ0v) is 13.1. The second-order valence-corrected chi connectivity index (χ2v) is 6.85. The van der Waals surface area contributed by atoms with E-state index < -0.39 is 5.97 Å². The Labute approximate surface area is 126 Å². The smallest absolute Gasteiger partial charge is 0.336 e. The summed E-state index contributed by atoms with van der Waals surface area (Å²) in [4.78, 5) is 16.6. The van der Waals surface area contributed by atoms with Crippen LogP contribution in [0.5, 0.6) is 0 Å². The van der Waals surface area contributed by atoms with E-state index in [1.54, 1.807) is 0 Å². The molecule has 4 heteroatoms. The molecule has 3 nitrogen and oxygen atoms in total. The van der Waals surface area contributed by atoms with Gasteiger partial charge in [0, 0.05) is 15.3 Å². The van der Waals surface area contributed by atoms with Crippen molar-refractivity contribution >= 4 is 32.8 Å². The zero-order valence-electron chi connectivity index (χ0n) is 11.5. The lowest BCUT2D eigenvalue weighted by atomic mass is 9.74. The molecule has 104 valence electrons. The molecule has 0 unspecified atom stereocenters. The second kappa shape index (κ2) is 4.55. The van der Waals surface area contributed by atoms with Crippen molar-refractivity contribution in [1.82, 2.24) is 4.98 Å². The van der Waals surface area contributed by atoms with E-state index in [4.69, 9.17) is 4.98 Å². The lowest BCUT2D eigenvalue weighted by molar-refractivity contribution is 0.0697. The Kier molecular flexibility index (Phi) is 3.09. The first kappa shape index (κ1) is 13.6. The summed E-state index contributed by atoms with van der Waals surface area (Å²) in [5.41, 5.74) is 2.97. The highest BCUT2D eigenvalue weighted by molar-refractivity contribution is 9.10. The number of carbonyl (C=O) groups is 1. The normalized spacial score (nSPS) is 16.9. The van der Waals surface area contributed by atoms with Crippen molar-refractivity contribution in [2.24, 2.45) is 0 Å². The van der Waals surface area contributed by atoms with Gasteiger partial charge in [-0.25, -0.2) is 4.79 Å². The first-order chi connectivity index (χ1) is 9.42. The Morgan fingerprint density at radius 3 is 2.85 bits per heavy atom. The van der Waals surface area contributed by atoms with Crippen LogP contribution in [0.25, 0.3) is 10.9 Å². The van der Waals surface area contributed by atoms with E-state index in [0.717, 1.165) is 45.9 Å². The molecule has 2 aromatic rings. The van der Waals surface area contributed by atoms with E-state index in [9.17, 15) is 9.90 Å². The molecule has 1 aromatic heterocycles. The number of aromatic nitrogens is 1. The summed E-state index contributed by atoms with van der Waals surface area (Å²) in [6.07, 6.45) is 2.86. The fourth-order valence-corrected chi connectivity index (χ4v) is 3.62. The molecule has 1 N–H and O–H groups in total. The molecule has 0 radical (unpaired) electrons. The maximum atomic E-state index is 11.8. The van der Waals surface area contributed by atoms with Gasteiger partial charge in [-0.3, -0.25) is 4.98 Å². The molecule has 0 amide bonds. The second-order valence-electron chi connectivity index (χ2n) is 5.99. The lowest BCUT2D eigenvalue weighted by Crippen LogP contribution is -2.27. The molecule has 1 aliphatic rings. The third-order valence-electron chi connectivity index (χ3n) is 4.15. The van der Waals surface area contributed by atoms with E-state index in [1.807, 2.05) is 18.2 Å². The number of rotatable bonds is 1. The van der Waals surface area contributed by atoms with Crippen LogP contribution in [0.2, 0.25) is 0 Å². The molecule has 1 aromatic carbocycles. The number of pyridine rings is 1. The number of halogens is 1. The van der Waals surface area contributed by atoms with Crippen molar-refractivity contribution in [3.8, 4) is 0 Å². The largest absolute Gasteiger partial charge is 0.478 e. The van der Waals surface area contributed by atoms with Gasteiger partial charge in [0.1, 0.15) is 0 Å². The minimum absolute atomic E-state index is 0.0682. The number of hydrogen-bond acceptors (Lipinski definition) is 2.